The summed E-state index contributed by atoms with van der Waals surface area (Å²) in [5.74, 6) is 5.93. The van der Waals surface area contributed by atoms with Crippen molar-refractivity contribution < 1.29 is 9.53 Å². The number of hydrogen-bond donors (Lipinski definition) is 2. The topological polar surface area (TPSA) is 67.6 Å². The smallest absolute Gasteiger partial charge is 0.410 e. The number of nitrogens with two attached hydrogens (primary N) is 1. The van der Waals surface area contributed by atoms with Crippen LogP contribution in [0.1, 0.15) is 40.5 Å². The molecule has 1 heterocycles. The zero-order valence-electron chi connectivity index (χ0n) is 11.3. The van der Waals surface area contributed by atoms with Crippen molar-refractivity contribution in [2.24, 2.45) is 11.8 Å². The summed E-state index contributed by atoms with van der Waals surface area (Å²) in [7, 11) is 0. The van der Waals surface area contributed by atoms with E-state index in [2.05, 4.69) is 12.3 Å². The highest BCUT2D eigenvalue weighted by Gasteiger charge is 2.32. The molecule has 0 spiro atoms. The third-order valence-electron chi connectivity index (χ3n) is 3.10. The lowest BCUT2D eigenvalue weighted by Crippen LogP contribution is -2.42. The van der Waals surface area contributed by atoms with Crippen molar-refractivity contribution in [3.63, 3.8) is 0 Å². The Labute approximate surface area is 104 Å². The van der Waals surface area contributed by atoms with Crippen LogP contribution in [0.2, 0.25) is 0 Å². The lowest BCUT2D eigenvalue weighted by atomic mass is 9.97. The van der Waals surface area contributed by atoms with Crippen LogP contribution in [0.25, 0.3) is 0 Å². The molecule has 1 aliphatic heterocycles. The summed E-state index contributed by atoms with van der Waals surface area (Å²) in [4.78, 5) is 13.6. The van der Waals surface area contributed by atoms with Gasteiger partial charge in [0.15, 0.2) is 0 Å². The van der Waals surface area contributed by atoms with Gasteiger partial charge >= 0.3 is 6.09 Å². The summed E-state index contributed by atoms with van der Waals surface area (Å²) in [5.41, 5.74) is 2.40. The van der Waals surface area contributed by atoms with E-state index in [1.807, 2.05) is 20.8 Å². The molecule has 1 rings (SSSR count). The van der Waals surface area contributed by atoms with Gasteiger partial charge in [0.2, 0.25) is 0 Å². The molecule has 0 aliphatic carbocycles. The minimum absolute atomic E-state index is 0.216. The first-order valence-electron chi connectivity index (χ1n) is 6.31. The van der Waals surface area contributed by atoms with Crippen molar-refractivity contribution in [3.05, 3.63) is 0 Å². The Morgan fingerprint density at radius 2 is 2.24 bits per heavy atom. The van der Waals surface area contributed by atoms with Crippen molar-refractivity contribution in [1.29, 1.82) is 0 Å². The number of ether oxygens (including phenoxy) is 1. The van der Waals surface area contributed by atoms with Crippen molar-refractivity contribution in [2.45, 2.75) is 52.2 Å². The van der Waals surface area contributed by atoms with Crippen LogP contribution in [0.4, 0.5) is 4.79 Å². The number of hydrogen-bond acceptors (Lipinski definition) is 4. The van der Waals surface area contributed by atoms with Crippen LogP contribution in [-0.4, -0.2) is 35.7 Å². The second-order valence-corrected chi connectivity index (χ2v) is 5.66. The maximum absolute atomic E-state index is 11.9. The van der Waals surface area contributed by atoms with E-state index >= 15 is 0 Å². The number of carbonyl (C=O) groups is 1. The first-order valence-corrected chi connectivity index (χ1v) is 6.31. The summed E-state index contributed by atoms with van der Waals surface area (Å²) in [6.45, 7) is 9.24. The van der Waals surface area contributed by atoms with Crippen LogP contribution < -0.4 is 11.3 Å². The van der Waals surface area contributed by atoms with E-state index in [4.69, 9.17) is 10.6 Å². The minimum Gasteiger partial charge on any atom is -0.444 e. The summed E-state index contributed by atoms with van der Waals surface area (Å²) >= 11 is 0. The minimum atomic E-state index is -0.425. The molecule has 0 bridgehead atoms. The Bertz CT molecular complexity index is 259. The van der Waals surface area contributed by atoms with Gasteiger partial charge < -0.3 is 9.64 Å². The fourth-order valence-electron chi connectivity index (χ4n) is 2.20. The Balaban J connectivity index is 2.47. The second kappa shape index (κ2) is 5.69. The lowest BCUT2D eigenvalue weighted by molar-refractivity contribution is 0.0285. The quantitative estimate of drug-likeness (QED) is 0.582. The molecule has 0 aromatic heterocycles. The number of hydrazine groups is 1. The Hall–Kier alpha value is -0.810. The Morgan fingerprint density at radius 1 is 1.59 bits per heavy atom. The predicted octanol–water partition coefficient (Wildman–Crippen LogP) is 1.49. The number of nitrogens with one attached hydrogen (secondary N) is 1. The molecule has 5 nitrogen and oxygen atoms in total. The van der Waals surface area contributed by atoms with E-state index < -0.39 is 5.60 Å². The van der Waals surface area contributed by atoms with E-state index in [9.17, 15) is 4.79 Å². The van der Waals surface area contributed by atoms with Crippen molar-refractivity contribution in [3.8, 4) is 0 Å². The normalized spacial score (nSPS) is 22.6. The number of carbonyl (C=O) groups excluding carboxylic acids is 1. The largest absolute Gasteiger partial charge is 0.444 e. The maximum atomic E-state index is 11.9. The maximum Gasteiger partial charge on any atom is 0.410 e. The molecule has 0 radical (unpaired) electrons. The molecule has 1 aliphatic rings. The standard InChI is InChI=1S/C12H25N3O2/c1-5-10(14-13)9-6-7-15(8-9)11(16)17-12(2,3)4/h9-10,14H,5-8,13H2,1-4H3. The summed E-state index contributed by atoms with van der Waals surface area (Å²) in [6.07, 6.45) is 1.75. The summed E-state index contributed by atoms with van der Waals surface area (Å²) in [5, 5.41) is 0. The molecule has 0 aromatic rings. The van der Waals surface area contributed by atoms with Crippen LogP contribution in [0, 0.1) is 5.92 Å². The predicted molar refractivity (Wildman–Crippen MR) is 67.3 cm³/mol. The highest BCUT2D eigenvalue weighted by molar-refractivity contribution is 5.68. The molecule has 1 amide bonds. The lowest BCUT2D eigenvalue weighted by Gasteiger charge is -2.25. The Morgan fingerprint density at radius 3 is 2.71 bits per heavy atom. The molecular formula is C12H25N3O2. The van der Waals surface area contributed by atoms with Gasteiger partial charge in [0.25, 0.3) is 0 Å². The molecule has 2 unspecified atom stereocenters. The monoisotopic (exact) mass is 243 g/mol. The highest BCUT2D eigenvalue weighted by Crippen LogP contribution is 2.23. The molecular weight excluding hydrogens is 218 g/mol. The first-order chi connectivity index (χ1) is 7.87. The molecule has 1 fully saturated rings. The van der Waals surface area contributed by atoms with Gasteiger partial charge in [0.1, 0.15) is 5.60 Å². The van der Waals surface area contributed by atoms with E-state index in [0.29, 0.717) is 5.92 Å². The second-order valence-electron chi connectivity index (χ2n) is 5.66. The third kappa shape index (κ3) is 4.16. The van der Waals surface area contributed by atoms with Gasteiger partial charge in [0, 0.05) is 19.1 Å². The third-order valence-corrected chi connectivity index (χ3v) is 3.10. The van der Waals surface area contributed by atoms with Crippen molar-refractivity contribution >= 4 is 6.09 Å². The van der Waals surface area contributed by atoms with Crippen LogP contribution in [-0.2, 0) is 4.74 Å². The van der Waals surface area contributed by atoms with E-state index in [-0.39, 0.29) is 12.1 Å². The van der Waals surface area contributed by atoms with Gasteiger partial charge in [-0.05, 0) is 39.5 Å². The van der Waals surface area contributed by atoms with Crippen LogP contribution >= 0.6 is 0 Å². The van der Waals surface area contributed by atoms with E-state index in [0.717, 1.165) is 25.9 Å². The molecule has 2 atom stereocenters. The van der Waals surface area contributed by atoms with Gasteiger partial charge in [-0.2, -0.15) is 0 Å². The van der Waals surface area contributed by atoms with Crippen LogP contribution in [0.5, 0.6) is 0 Å². The SMILES string of the molecule is CCC(NN)C1CCN(C(=O)OC(C)(C)C)C1. The highest BCUT2D eigenvalue weighted by atomic mass is 16.6. The molecule has 100 valence electrons. The van der Waals surface area contributed by atoms with E-state index in [1.54, 1.807) is 4.90 Å². The van der Waals surface area contributed by atoms with Crippen LogP contribution in [0.3, 0.4) is 0 Å². The number of rotatable bonds is 3. The van der Waals surface area contributed by atoms with Crippen molar-refractivity contribution in [1.82, 2.24) is 10.3 Å². The average molecular weight is 243 g/mol. The summed E-state index contributed by atoms with van der Waals surface area (Å²) in [6, 6.07) is 0.280. The first kappa shape index (κ1) is 14.3. The van der Waals surface area contributed by atoms with Gasteiger partial charge in [0.05, 0.1) is 0 Å². The van der Waals surface area contributed by atoms with Gasteiger partial charge in [-0.15, -0.1) is 0 Å². The number of nitrogens with zero attached hydrogens (tertiary/aromatic N) is 1. The van der Waals surface area contributed by atoms with Gasteiger partial charge in [-0.1, -0.05) is 6.92 Å². The fraction of sp³-hybridized carbons (Fsp3) is 0.917. The summed E-state index contributed by atoms with van der Waals surface area (Å²) < 4.78 is 5.35. The molecule has 17 heavy (non-hydrogen) atoms. The molecule has 1 saturated heterocycles. The molecule has 3 N–H and O–H groups in total. The molecule has 5 heteroatoms. The molecule has 0 saturated carbocycles. The Kier molecular flexibility index (Phi) is 4.77. The molecule has 0 aromatic carbocycles. The van der Waals surface area contributed by atoms with Gasteiger partial charge in [-0.3, -0.25) is 11.3 Å². The average Bonchev–Trinajstić information content (AvgIpc) is 2.66. The van der Waals surface area contributed by atoms with E-state index in [1.165, 1.54) is 0 Å². The van der Waals surface area contributed by atoms with Crippen LogP contribution in [0.15, 0.2) is 0 Å². The fourth-order valence-corrected chi connectivity index (χ4v) is 2.20. The van der Waals surface area contributed by atoms with Gasteiger partial charge in [-0.25, -0.2) is 4.79 Å². The zero-order chi connectivity index (χ0) is 13.1. The number of likely N-dealkylation sites (tertiary alicyclic amines) is 1. The number of amides is 1. The van der Waals surface area contributed by atoms with Crippen molar-refractivity contribution in [2.75, 3.05) is 13.1 Å². The zero-order valence-corrected chi connectivity index (χ0v) is 11.3.